The molecule has 28 heavy (non-hydrogen) atoms. The first-order valence-corrected chi connectivity index (χ1v) is 9.68. The minimum absolute atomic E-state index is 0.00605. The van der Waals surface area contributed by atoms with E-state index >= 15 is 0 Å². The van der Waals surface area contributed by atoms with Crippen LogP contribution in [0.25, 0.3) is 0 Å². The van der Waals surface area contributed by atoms with Gasteiger partial charge in [0.05, 0.1) is 18.3 Å². The van der Waals surface area contributed by atoms with Crippen LogP contribution >= 0.6 is 0 Å². The fraction of sp³-hybridized carbons (Fsp3) is 0.364. The lowest BCUT2D eigenvalue weighted by atomic mass is 9.95. The maximum absolute atomic E-state index is 12.4. The van der Waals surface area contributed by atoms with Gasteiger partial charge in [-0.25, -0.2) is 0 Å². The van der Waals surface area contributed by atoms with Gasteiger partial charge < -0.3 is 15.7 Å². The molecule has 0 spiro atoms. The Bertz CT molecular complexity index is 802. The number of likely N-dealkylation sites (tertiary alicyclic amines) is 1. The Hall–Kier alpha value is -2.86. The van der Waals surface area contributed by atoms with E-state index in [9.17, 15) is 14.7 Å². The molecule has 1 aliphatic heterocycles. The average molecular weight is 381 g/mol. The van der Waals surface area contributed by atoms with Gasteiger partial charge in [-0.05, 0) is 50.6 Å². The lowest BCUT2D eigenvalue weighted by molar-refractivity contribution is -0.124. The number of aromatic hydroxyl groups is 1. The highest BCUT2D eigenvalue weighted by Gasteiger charge is 2.26. The summed E-state index contributed by atoms with van der Waals surface area (Å²) >= 11 is 0. The third-order valence-corrected chi connectivity index (χ3v) is 5.16. The van der Waals surface area contributed by atoms with Crippen LogP contribution in [0, 0.1) is 5.92 Å². The van der Waals surface area contributed by atoms with Gasteiger partial charge in [0.15, 0.2) is 0 Å². The number of amides is 2. The first-order chi connectivity index (χ1) is 13.5. The molecule has 148 valence electrons. The van der Waals surface area contributed by atoms with Crippen molar-refractivity contribution in [1.29, 1.82) is 0 Å². The second-order valence-corrected chi connectivity index (χ2v) is 7.26. The number of para-hydroxylation sites is 2. The average Bonchev–Trinajstić information content (AvgIpc) is 2.71. The number of rotatable bonds is 6. The van der Waals surface area contributed by atoms with Crippen LogP contribution in [0.3, 0.4) is 0 Å². The van der Waals surface area contributed by atoms with Gasteiger partial charge in [0.2, 0.25) is 11.8 Å². The van der Waals surface area contributed by atoms with E-state index in [0.717, 1.165) is 5.56 Å². The van der Waals surface area contributed by atoms with Gasteiger partial charge in [0.1, 0.15) is 5.75 Å². The number of hydrogen-bond acceptors (Lipinski definition) is 4. The van der Waals surface area contributed by atoms with Gasteiger partial charge in [-0.1, -0.05) is 42.5 Å². The summed E-state index contributed by atoms with van der Waals surface area (Å²) in [6.07, 6.45) is 1.39. The molecule has 2 amide bonds. The highest BCUT2D eigenvalue weighted by molar-refractivity contribution is 5.93. The number of carbonyl (C=O) groups is 2. The first kappa shape index (κ1) is 19.9. The summed E-state index contributed by atoms with van der Waals surface area (Å²) in [5.41, 5.74) is 1.51. The molecule has 1 aliphatic rings. The lowest BCUT2D eigenvalue weighted by Gasteiger charge is -2.31. The van der Waals surface area contributed by atoms with E-state index in [0.29, 0.717) is 38.2 Å². The predicted molar refractivity (Wildman–Crippen MR) is 109 cm³/mol. The van der Waals surface area contributed by atoms with E-state index in [-0.39, 0.29) is 29.5 Å². The van der Waals surface area contributed by atoms with Crippen LogP contribution in [0.5, 0.6) is 5.75 Å². The van der Waals surface area contributed by atoms with E-state index in [1.165, 1.54) is 0 Å². The Morgan fingerprint density at radius 2 is 1.71 bits per heavy atom. The van der Waals surface area contributed by atoms with Crippen molar-refractivity contribution in [2.45, 2.75) is 25.8 Å². The summed E-state index contributed by atoms with van der Waals surface area (Å²) in [6.45, 7) is 3.71. The van der Waals surface area contributed by atoms with Gasteiger partial charge >= 0.3 is 0 Å². The molecule has 3 N–H and O–H groups in total. The van der Waals surface area contributed by atoms with Crippen molar-refractivity contribution < 1.29 is 14.7 Å². The van der Waals surface area contributed by atoms with Crippen LogP contribution in [-0.4, -0.2) is 41.5 Å². The summed E-state index contributed by atoms with van der Waals surface area (Å²) in [7, 11) is 0. The van der Waals surface area contributed by atoms with Gasteiger partial charge in [-0.2, -0.15) is 0 Å². The Morgan fingerprint density at radius 1 is 1.07 bits per heavy atom. The minimum Gasteiger partial charge on any atom is -0.506 e. The predicted octanol–water partition coefficient (Wildman–Crippen LogP) is 2.92. The van der Waals surface area contributed by atoms with Crippen molar-refractivity contribution in [3.8, 4) is 5.75 Å². The van der Waals surface area contributed by atoms with E-state index in [1.807, 2.05) is 37.3 Å². The molecule has 0 aliphatic carbocycles. The van der Waals surface area contributed by atoms with E-state index in [2.05, 4.69) is 15.5 Å². The molecule has 6 nitrogen and oxygen atoms in total. The third kappa shape index (κ3) is 5.33. The number of hydrogen-bond donors (Lipinski definition) is 3. The largest absolute Gasteiger partial charge is 0.506 e. The number of carbonyl (C=O) groups excluding carboxylic acids is 2. The summed E-state index contributed by atoms with van der Waals surface area (Å²) in [5.74, 6) is -0.128. The quantitative estimate of drug-likeness (QED) is 0.672. The molecule has 1 unspecified atom stereocenters. The second kappa shape index (κ2) is 9.37. The standard InChI is InChI=1S/C22H27N3O3/c1-16(17-7-3-2-4-8-17)23-21(27)15-25-13-11-18(12-14-25)22(28)24-19-9-5-6-10-20(19)26/h2-10,16,18,26H,11-15H2,1H3,(H,23,27)(H,24,28). The Labute approximate surface area is 165 Å². The van der Waals surface area contributed by atoms with E-state index in [4.69, 9.17) is 0 Å². The molecule has 0 radical (unpaired) electrons. The molecule has 0 bridgehead atoms. The molecule has 3 rings (SSSR count). The molecule has 0 saturated carbocycles. The van der Waals surface area contributed by atoms with Crippen molar-refractivity contribution in [3.05, 3.63) is 60.2 Å². The minimum atomic E-state index is -0.109. The molecule has 6 heteroatoms. The molecule has 2 aromatic carbocycles. The first-order valence-electron chi connectivity index (χ1n) is 9.68. The molecule has 1 atom stereocenters. The van der Waals surface area contributed by atoms with Crippen molar-refractivity contribution in [2.75, 3.05) is 25.0 Å². The maximum atomic E-state index is 12.4. The highest BCUT2D eigenvalue weighted by atomic mass is 16.3. The van der Waals surface area contributed by atoms with Crippen LogP contribution in [0.15, 0.2) is 54.6 Å². The number of nitrogens with zero attached hydrogens (tertiary/aromatic N) is 1. The Morgan fingerprint density at radius 3 is 2.39 bits per heavy atom. The monoisotopic (exact) mass is 381 g/mol. The fourth-order valence-electron chi connectivity index (χ4n) is 3.48. The Kier molecular flexibility index (Phi) is 6.66. The van der Waals surface area contributed by atoms with Crippen LogP contribution in [0.4, 0.5) is 5.69 Å². The van der Waals surface area contributed by atoms with Gasteiger partial charge in [-0.15, -0.1) is 0 Å². The van der Waals surface area contributed by atoms with Gasteiger partial charge in [0, 0.05) is 5.92 Å². The smallest absolute Gasteiger partial charge is 0.234 e. The molecular formula is C22H27N3O3. The zero-order valence-corrected chi connectivity index (χ0v) is 16.1. The normalized spacial score (nSPS) is 16.3. The molecule has 0 aromatic heterocycles. The number of piperidine rings is 1. The van der Waals surface area contributed by atoms with Gasteiger partial charge in [0.25, 0.3) is 0 Å². The van der Waals surface area contributed by atoms with E-state index < -0.39 is 0 Å². The fourth-order valence-corrected chi connectivity index (χ4v) is 3.48. The van der Waals surface area contributed by atoms with Crippen LogP contribution in [-0.2, 0) is 9.59 Å². The van der Waals surface area contributed by atoms with E-state index in [1.54, 1.807) is 24.3 Å². The zero-order chi connectivity index (χ0) is 19.9. The van der Waals surface area contributed by atoms with Crippen molar-refractivity contribution in [3.63, 3.8) is 0 Å². The molecule has 1 heterocycles. The Balaban J connectivity index is 1.43. The number of anilines is 1. The highest BCUT2D eigenvalue weighted by Crippen LogP contribution is 2.24. The summed E-state index contributed by atoms with van der Waals surface area (Å²) in [5, 5.41) is 15.6. The van der Waals surface area contributed by atoms with Crippen LogP contribution in [0.1, 0.15) is 31.4 Å². The van der Waals surface area contributed by atoms with Crippen molar-refractivity contribution >= 4 is 17.5 Å². The van der Waals surface area contributed by atoms with Crippen molar-refractivity contribution in [1.82, 2.24) is 10.2 Å². The van der Waals surface area contributed by atoms with Gasteiger partial charge in [-0.3, -0.25) is 14.5 Å². The number of benzene rings is 2. The molecule has 1 saturated heterocycles. The topological polar surface area (TPSA) is 81.7 Å². The van der Waals surface area contributed by atoms with Crippen LogP contribution < -0.4 is 10.6 Å². The van der Waals surface area contributed by atoms with Crippen molar-refractivity contribution in [2.24, 2.45) is 5.92 Å². The number of phenolic OH excluding ortho intramolecular Hbond substituents is 1. The number of phenols is 1. The SMILES string of the molecule is CC(NC(=O)CN1CCC(C(=O)Nc2ccccc2O)CC1)c1ccccc1. The molecule has 1 fully saturated rings. The van der Waals surface area contributed by atoms with Crippen LogP contribution in [0.2, 0.25) is 0 Å². The summed E-state index contributed by atoms with van der Waals surface area (Å²) in [6, 6.07) is 16.6. The molecular weight excluding hydrogens is 354 g/mol. The summed E-state index contributed by atoms with van der Waals surface area (Å²) < 4.78 is 0. The zero-order valence-electron chi connectivity index (χ0n) is 16.1. The second-order valence-electron chi connectivity index (χ2n) is 7.26. The number of nitrogens with one attached hydrogen (secondary N) is 2. The summed E-state index contributed by atoms with van der Waals surface area (Å²) in [4.78, 5) is 26.8. The third-order valence-electron chi connectivity index (χ3n) is 5.16. The molecule has 2 aromatic rings. The lowest BCUT2D eigenvalue weighted by Crippen LogP contribution is -2.43. The maximum Gasteiger partial charge on any atom is 0.234 e.